The number of ketones is 1. The molecule has 3 atom stereocenters. The van der Waals surface area contributed by atoms with Gasteiger partial charge in [-0.2, -0.15) is 0 Å². The number of methoxy groups -OCH3 is 2. The van der Waals surface area contributed by atoms with E-state index in [1.165, 1.54) is 20.0 Å². The molecule has 2 aliphatic carbocycles. The molecule has 28 heavy (non-hydrogen) atoms. The van der Waals surface area contributed by atoms with Gasteiger partial charge in [0.2, 0.25) is 0 Å². The number of ether oxygens (including phenoxy) is 3. The van der Waals surface area contributed by atoms with Crippen LogP contribution in [0.2, 0.25) is 0 Å². The third kappa shape index (κ3) is 3.40. The molecule has 0 radical (unpaired) electrons. The van der Waals surface area contributed by atoms with E-state index in [0.29, 0.717) is 18.6 Å². The van der Waals surface area contributed by atoms with Crippen LogP contribution in [-0.2, 0) is 19.7 Å². The van der Waals surface area contributed by atoms with Gasteiger partial charge in [-0.25, -0.2) is 0 Å². The van der Waals surface area contributed by atoms with E-state index in [1.54, 1.807) is 7.11 Å². The highest BCUT2D eigenvalue weighted by atomic mass is 16.5. The molecule has 0 saturated heterocycles. The second-order valence-electron chi connectivity index (χ2n) is 8.05. The van der Waals surface area contributed by atoms with Gasteiger partial charge in [0.15, 0.2) is 11.5 Å². The average Bonchev–Trinajstić information content (AvgIpc) is 3.45. The van der Waals surface area contributed by atoms with E-state index in [4.69, 9.17) is 14.2 Å². The summed E-state index contributed by atoms with van der Waals surface area (Å²) >= 11 is 0. The van der Waals surface area contributed by atoms with Gasteiger partial charge < -0.3 is 14.2 Å². The fourth-order valence-corrected chi connectivity index (χ4v) is 4.74. The predicted octanol–water partition coefficient (Wildman–Crippen LogP) is 3.25. The third-order valence-electron chi connectivity index (χ3n) is 6.44. The lowest BCUT2D eigenvalue weighted by molar-refractivity contribution is -0.151. The summed E-state index contributed by atoms with van der Waals surface area (Å²) in [4.78, 5) is 29.1. The molecule has 0 amide bonds. The molecule has 3 unspecified atom stereocenters. The summed E-state index contributed by atoms with van der Waals surface area (Å²) in [5.41, 5.74) is 0.613. The second-order valence-corrected chi connectivity index (χ2v) is 8.05. The van der Waals surface area contributed by atoms with Crippen molar-refractivity contribution >= 4 is 18.0 Å². The molecule has 2 fully saturated rings. The fourth-order valence-electron chi connectivity index (χ4n) is 4.74. The minimum absolute atomic E-state index is 0.00257. The summed E-state index contributed by atoms with van der Waals surface area (Å²) in [6, 6.07) is 5.95. The highest BCUT2D eigenvalue weighted by Gasteiger charge is 2.51. The summed E-state index contributed by atoms with van der Waals surface area (Å²) in [5.74, 6) is 0.272. The summed E-state index contributed by atoms with van der Waals surface area (Å²) in [5, 5.41) is 0. The van der Waals surface area contributed by atoms with E-state index in [9.17, 15) is 9.59 Å². The first kappa shape index (κ1) is 19.0. The topological polar surface area (TPSA) is 74.2 Å². The van der Waals surface area contributed by atoms with Gasteiger partial charge in [-0.15, -0.1) is 0 Å². The SMILES string of the molecule is COC(=O)C1CCC(c2ccc(OC)c(OC3CCCC3)c2)(C2C=N2)CC1=O. The molecule has 0 spiro atoms. The van der Waals surface area contributed by atoms with Gasteiger partial charge >= 0.3 is 5.97 Å². The van der Waals surface area contributed by atoms with Crippen LogP contribution in [0, 0.1) is 5.92 Å². The maximum absolute atomic E-state index is 12.8. The number of esters is 1. The number of nitrogens with zero attached hydrogens (tertiary/aromatic N) is 1. The number of benzene rings is 1. The van der Waals surface area contributed by atoms with Crippen molar-refractivity contribution in [3.63, 3.8) is 0 Å². The Hall–Kier alpha value is -2.37. The van der Waals surface area contributed by atoms with Gasteiger partial charge in [0, 0.05) is 18.1 Å². The van der Waals surface area contributed by atoms with E-state index >= 15 is 0 Å². The normalized spacial score (nSPS) is 29.6. The largest absolute Gasteiger partial charge is 0.493 e. The molecule has 0 aromatic heterocycles. The lowest BCUT2D eigenvalue weighted by Crippen LogP contribution is -2.44. The monoisotopic (exact) mass is 385 g/mol. The first-order chi connectivity index (χ1) is 13.6. The standard InChI is InChI=1S/C22H27NO5/c1-26-18-8-7-14(11-19(18)28-15-5-3-4-6-15)22(20-13-23-20)10-9-16(17(24)12-22)21(25)27-2/h7-8,11,13,15-16,20H,3-6,9-10,12H2,1-2H3. The first-order valence-electron chi connectivity index (χ1n) is 10.1. The molecule has 1 heterocycles. The van der Waals surface area contributed by atoms with Crippen molar-refractivity contribution in [1.29, 1.82) is 0 Å². The second kappa shape index (κ2) is 7.57. The van der Waals surface area contributed by atoms with Crippen molar-refractivity contribution in [2.45, 2.75) is 62.5 Å². The zero-order valence-corrected chi connectivity index (χ0v) is 16.5. The minimum atomic E-state index is -0.663. The summed E-state index contributed by atoms with van der Waals surface area (Å²) in [6.07, 6.45) is 8.09. The van der Waals surface area contributed by atoms with Gasteiger partial charge in [-0.3, -0.25) is 14.6 Å². The van der Waals surface area contributed by atoms with Crippen molar-refractivity contribution in [2.24, 2.45) is 10.9 Å². The lowest BCUT2D eigenvalue weighted by atomic mass is 9.63. The molecule has 1 aromatic rings. The average molecular weight is 385 g/mol. The number of hydrogen-bond acceptors (Lipinski definition) is 6. The maximum Gasteiger partial charge on any atom is 0.316 e. The quantitative estimate of drug-likeness (QED) is 0.555. The van der Waals surface area contributed by atoms with Crippen LogP contribution in [0.1, 0.15) is 50.5 Å². The van der Waals surface area contributed by atoms with Crippen molar-refractivity contribution in [1.82, 2.24) is 0 Å². The van der Waals surface area contributed by atoms with Gasteiger partial charge in [0.1, 0.15) is 11.7 Å². The summed E-state index contributed by atoms with van der Waals surface area (Å²) in [7, 11) is 2.97. The Kier molecular flexibility index (Phi) is 5.13. The van der Waals surface area contributed by atoms with E-state index in [2.05, 4.69) is 4.99 Å². The molecule has 4 rings (SSSR count). The molecule has 150 valence electrons. The van der Waals surface area contributed by atoms with Crippen molar-refractivity contribution in [3.8, 4) is 11.5 Å². The Bertz CT molecular complexity index is 792. The Morgan fingerprint density at radius 2 is 1.89 bits per heavy atom. The number of Topliss-reactive ketones (excluding diaryl/α,β-unsaturated/α-hetero) is 1. The maximum atomic E-state index is 12.8. The third-order valence-corrected chi connectivity index (χ3v) is 6.44. The zero-order valence-electron chi connectivity index (χ0n) is 16.5. The Balaban J connectivity index is 1.63. The highest BCUT2D eigenvalue weighted by molar-refractivity contribution is 6.01. The zero-order chi connectivity index (χ0) is 19.7. The summed E-state index contributed by atoms with van der Waals surface area (Å²) < 4.78 is 16.6. The predicted molar refractivity (Wildman–Crippen MR) is 104 cm³/mol. The number of rotatable bonds is 6. The molecule has 0 bridgehead atoms. The molecule has 3 aliphatic rings. The van der Waals surface area contributed by atoms with Crippen LogP contribution in [0.15, 0.2) is 23.2 Å². The summed E-state index contributed by atoms with van der Waals surface area (Å²) in [6.45, 7) is 0. The Labute approximate surface area is 165 Å². The van der Waals surface area contributed by atoms with E-state index in [0.717, 1.165) is 24.2 Å². The van der Waals surface area contributed by atoms with Crippen LogP contribution in [0.25, 0.3) is 0 Å². The van der Waals surface area contributed by atoms with E-state index < -0.39 is 17.3 Å². The number of carbonyl (C=O) groups is 2. The molecule has 1 aliphatic heterocycles. The molecule has 6 nitrogen and oxygen atoms in total. The molecule has 6 heteroatoms. The number of aliphatic imine (C=N–C) groups is 1. The molecule has 0 N–H and O–H groups in total. The first-order valence-corrected chi connectivity index (χ1v) is 10.1. The number of carbonyl (C=O) groups excluding carboxylic acids is 2. The highest BCUT2D eigenvalue weighted by Crippen LogP contribution is 2.48. The van der Waals surface area contributed by atoms with Crippen molar-refractivity contribution in [3.05, 3.63) is 23.8 Å². The van der Waals surface area contributed by atoms with E-state index in [-0.39, 0.29) is 24.3 Å². The van der Waals surface area contributed by atoms with Crippen LogP contribution >= 0.6 is 0 Å². The Morgan fingerprint density at radius 1 is 1.14 bits per heavy atom. The minimum Gasteiger partial charge on any atom is -0.493 e. The van der Waals surface area contributed by atoms with Gasteiger partial charge in [0.05, 0.1) is 26.4 Å². The molecule has 1 aromatic carbocycles. The Morgan fingerprint density at radius 3 is 2.50 bits per heavy atom. The molecule has 2 saturated carbocycles. The lowest BCUT2D eigenvalue weighted by Gasteiger charge is -2.38. The number of hydrogen-bond donors (Lipinski definition) is 0. The van der Waals surface area contributed by atoms with Gasteiger partial charge in [-0.1, -0.05) is 6.07 Å². The van der Waals surface area contributed by atoms with Crippen LogP contribution in [-0.4, -0.2) is 44.3 Å². The fraction of sp³-hybridized carbons (Fsp3) is 0.591. The van der Waals surface area contributed by atoms with Crippen molar-refractivity contribution in [2.75, 3.05) is 14.2 Å². The smallest absolute Gasteiger partial charge is 0.316 e. The van der Waals surface area contributed by atoms with Crippen LogP contribution in [0.5, 0.6) is 11.5 Å². The van der Waals surface area contributed by atoms with Crippen LogP contribution in [0.4, 0.5) is 0 Å². The molecular formula is C22H27NO5. The van der Waals surface area contributed by atoms with Crippen molar-refractivity contribution < 1.29 is 23.8 Å². The van der Waals surface area contributed by atoms with Crippen LogP contribution in [0.3, 0.4) is 0 Å². The van der Waals surface area contributed by atoms with Crippen LogP contribution < -0.4 is 9.47 Å². The van der Waals surface area contributed by atoms with Gasteiger partial charge in [-0.05, 0) is 56.2 Å². The van der Waals surface area contributed by atoms with Gasteiger partial charge in [0.25, 0.3) is 0 Å². The molecular weight excluding hydrogens is 358 g/mol. The van der Waals surface area contributed by atoms with E-state index in [1.807, 2.05) is 24.4 Å².